The van der Waals surface area contributed by atoms with E-state index in [4.69, 9.17) is 4.42 Å². The molecule has 1 amide bonds. The molecule has 1 aromatic heterocycles. The molecule has 3 rings (SSSR count). The highest BCUT2D eigenvalue weighted by molar-refractivity contribution is 7.99. The Labute approximate surface area is 131 Å². The summed E-state index contributed by atoms with van der Waals surface area (Å²) in [6, 6.07) is 6.32. The molecule has 0 atom stereocenters. The predicted molar refractivity (Wildman–Crippen MR) is 83.9 cm³/mol. The van der Waals surface area contributed by atoms with E-state index in [-0.39, 0.29) is 11.7 Å². The molecule has 2 N–H and O–H groups in total. The SMILES string of the molecule is Cc1cc(C(=O)NNC2=CCSc3ccc(F)cc32)c(C)o1. The van der Waals surface area contributed by atoms with E-state index in [0.29, 0.717) is 22.8 Å². The Balaban J connectivity index is 1.75. The molecule has 2 aromatic rings. The number of nitrogens with one attached hydrogen (secondary N) is 2. The maximum Gasteiger partial charge on any atom is 0.273 e. The third kappa shape index (κ3) is 2.87. The lowest BCUT2D eigenvalue weighted by atomic mass is 10.1. The summed E-state index contributed by atoms with van der Waals surface area (Å²) in [6.45, 7) is 3.53. The first-order chi connectivity index (χ1) is 10.5. The minimum absolute atomic E-state index is 0.286. The van der Waals surface area contributed by atoms with Gasteiger partial charge >= 0.3 is 0 Å². The fourth-order valence-electron chi connectivity index (χ4n) is 2.33. The van der Waals surface area contributed by atoms with Gasteiger partial charge in [0.1, 0.15) is 17.3 Å². The Morgan fingerprint density at radius 2 is 2.14 bits per heavy atom. The summed E-state index contributed by atoms with van der Waals surface area (Å²) in [7, 11) is 0. The number of hydrogen-bond acceptors (Lipinski definition) is 4. The van der Waals surface area contributed by atoms with E-state index in [2.05, 4.69) is 10.9 Å². The Morgan fingerprint density at radius 3 is 2.86 bits per heavy atom. The largest absolute Gasteiger partial charge is 0.466 e. The lowest BCUT2D eigenvalue weighted by Crippen LogP contribution is -2.36. The van der Waals surface area contributed by atoms with Crippen molar-refractivity contribution in [3.63, 3.8) is 0 Å². The van der Waals surface area contributed by atoms with Gasteiger partial charge in [0.25, 0.3) is 5.91 Å². The van der Waals surface area contributed by atoms with Crippen LogP contribution in [-0.2, 0) is 0 Å². The van der Waals surface area contributed by atoms with E-state index in [1.807, 2.05) is 6.08 Å². The average molecular weight is 318 g/mol. The summed E-state index contributed by atoms with van der Waals surface area (Å²) in [5.74, 6) is 1.42. The van der Waals surface area contributed by atoms with Gasteiger partial charge in [0.05, 0.1) is 11.3 Å². The topological polar surface area (TPSA) is 54.3 Å². The zero-order chi connectivity index (χ0) is 15.7. The molecule has 1 aliphatic heterocycles. The second-order valence-corrected chi connectivity index (χ2v) is 6.04. The molecule has 0 saturated carbocycles. The van der Waals surface area contributed by atoms with E-state index >= 15 is 0 Å². The number of furan rings is 1. The van der Waals surface area contributed by atoms with Gasteiger partial charge in [-0.15, -0.1) is 11.8 Å². The third-order valence-electron chi connectivity index (χ3n) is 3.35. The highest BCUT2D eigenvalue weighted by Gasteiger charge is 2.17. The molecule has 4 nitrogen and oxygen atoms in total. The number of hydrogen-bond donors (Lipinski definition) is 2. The van der Waals surface area contributed by atoms with E-state index in [1.54, 1.807) is 37.7 Å². The second-order valence-electron chi connectivity index (χ2n) is 4.98. The molecular formula is C16H15FN2O2S. The van der Waals surface area contributed by atoms with E-state index in [9.17, 15) is 9.18 Å². The van der Waals surface area contributed by atoms with E-state index in [0.717, 1.165) is 16.2 Å². The maximum atomic E-state index is 13.4. The quantitative estimate of drug-likeness (QED) is 0.852. The van der Waals surface area contributed by atoms with Crippen LogP contribution in [0.5, 0.6) is 0 Å². The van der Waals surface area contributed by atoms with Crippen molar-refractivity contribution in [3.8, 4) is 0 Å². The predicted octanol–water partition coefficient (Wildman–Crippen LogP) is 3.42. The number of rotatable bonds is 3. The number of thioether (sulfide) groups is 1. The number of carbonyl (C=O) groups is 1. The number of fused-ring (bicyclic) bond motifs is 1. The van der Waals surface area contributed by atoms with Crippen LogP contribution >= 0.6 is 11.8 Å². The number of carbonyl (C=O) groups excluding carboxylic acids is 1. The molecule has 22 heavy (non-hydrogen) atoms. The van der Waals surface area contributed by atoms with Crippen molar-refractivity contribution in [2.45, 2.75) is 18.7 Å². The number of aryl methyl sites for hydroxylation is 2. The van der Waals surface area contributed by atoms with Crippen molar-refractivity contribution in [1.29, 1.82) is 0 Å². The highest BCUT2D eigenvalue weighted by atomic mass is 32.2. The Morgan fingerprint density at radius 1 is 1.32 bits per heavy atom. The first kappa shape index (κ1) is 14.7. The van der Waals surface area contributed by atoms with Gasteiger partial charge in [-0.05, 0) is 44.2 Å². The summed E-state index contributed by atoms with van der Waals surface area (Å²) in [4.78, 5) is 13.1. The monoisotopic (exact) mass is 318 g/mol. The molecule has 0 saturated heterocycles. The summed E-state index contributed by atoms with van der Waals surface area (Å²) in [5.41, 5.74) is 7.44. The first-order valence-corrected chi connectivity index (χ1v) is 7.79. The number of benzene rings is 1. The van der Waals surface area contributed by atoms with Gasteiger partial charge < -0.3 is 4.42 Å². The molecule has 1 aliphatic rings. The molecule has 0 fully saturated rings. The van der Waals surface area contributed by atoms with Gasteiger partial charge in [-0.25, -0.2) is 4.39 Å². The first-order valence-electron chi connectivity index (χ1n) is 6.81. The highest BCUT2D eigenvalue weighted by Crippen LogP contribution is 2.32. The molecule has 0 unspecified atom stereocenters. The van der Waals surface area contributed by atoms with Gasteiger partial charge in [0.15, 0.2) is 0 Å². The van der Waals surface area contributed by atoms with E-state index < -0.39 is 0 Å². The maximum absolute atomic E-state index is 13.4. The fraction of sp³-hybridized carbons (Fsp3) is 0.188. The number of hydrazine groups is 1. The van der Waals surface area contributed by atoms with Gasteiger partial charge in [-0.1, -0.05) is 0 Å². The average Bonchev–Trinajstić information content (AvgIpc) is 2.83. The standard InChI is InChI=1S/C16H15FN2O2S/c1-9-7-12(10(2)21-9)16(20)19-18-14-5-6-22-15-4-3-11(17)8-13(14)15/h3-5,7-8,18H,6H2,1-2H3,(H,19,20). The summed E-state index contributed by atoms with van der Waals surface area (Å²) in [6.07, 6.45) is 1.92. The van der Waals surface area contributed by atoms with Crippen LogP contribution in [0.15, 0.2) is 39.7 Å². The molecule has 1 aromatic carbocycles. The fourth-order valence-corrected chi connectivity index (χ4v) is 3.25. The Bertz CT molecular complexity index is 768. The summed E-state index contributed by atoms with van der Waals surface area (Å²) >= 11 is 1.63. The minimum Gasteiger partial charge on any atom is -0.466 e. The second kappa shape index (κ2) is 5.88. The van der Waals surface area contributed by atoms with Crippen LogP contribution in [0.25, 0.3) is 5.70 Å². The van der Waals surface area contributed by atoms with Crippen LogP contribution in [0.3, 0.4) is 0 Å². The molecular weight excluding hydrogens is 303 g/mol. The van der Waals surface area contributed by atoms with Crippen molar-refractivity contribution < 1.29 is 13.6 Å². The van der Waals surface area contributed by atoms with Crippen LogP contribution in [0.4, 0.5) is 4.39 Å². The van der Waals surface area contributed by atoms with Crippen LogP contribution in [0.1, 0.15) is 27.4 Å². The van der Waals surface area contributed by atoms with Gasteiger partial charge in [-0.2, -0.15) is 0 Å². The van der Waals surface area contributed by atoms with Crippen LogP contribution in [0.2, 0.25) is 0 Å². The van der Waals surface area contributed by atoms with Crippen molar-refractivity contribution >= 4 is 23.4 Å². The van der Waals surface area contributed by atoms with Crippen LogP contribution in [0, 0.1) is 19.7 Å². The molecule has 2 heterocycles. The van der Waals surface area contributed by atoms with Crippen molar-refractivity contribution in [2.24, 2.45) is 0 Å². The zero-order valence-corrected chi connectivity index (χ0v) is 13.0. The zero-order valence-electron chi connectivity index (χ0n) is 12.2. The Hall–Kier alpha value is -2.21. The molecule has 114 valence electrons. The molecule has 6 heteroatoms. The van der Waals surface area contributed by atoms with Crippen molar-refractivity contribution in [2.75, 3.05) is 5.75 Å². The van der Waals surface area contributed by atoms with Gasteiger partial charge in [0.2, 0.25) is 0 Å². The van der Waals surface area contributed by atoms with Gasteiger partial charge in [-0.3, -0.25) is 15.6 Å². The smallest absolute Gasteiger partial charge is 0.273 e. The Kier molecular flexibility index (Phi) is 3.94. The van der Waals surface area contributed by atoms with Crippen LogP contribution < -0.4 is 10.9 Å². The van der Waals surface area contributed by atoms with E-state index in [1.165, 1.54) is 12.1 Å². The lowest BCUT2D eigenvalue weighted by molar-refractivity contribution is 0.0941. The van der Waals surface area contributed by atoms with Crippen LogP contribution in [-0.4, -0.2) is 11.7 Å². The molecule has 0 radical (unpaired) electrons. The van der Waals surface area contributed by atoms with Crippen molar-refractivity contribution in [3.05, 3.63) is 58.8 Å². The summed E-state index contributed by atoms with van der Waals surface area (Å²) < 4.78 is 18.8. The van der Waals surface area contributed by atoms with Crippen molar-refractivity contribution in [1.82, 2.24) is 10.9 Å². The molecule has 0 spiro atoms. The number of amides is 1. The molecule has 0 bridgehead atoms. The lowest BCUT2D eigenvalue weighted by Gasteiger charge is -2.19. The third-order valence-corrected chi connectivity index (χ3v) is 4.35. The van der Waals surface area contributed by atoms with Gasteiger partial charge in [0, 0.05) is 16.2 Å². The minimum atomic E-state index is -0.304. The summed E-state index contributed by atoms with van der Waals surface area (Å²) in [5, 5.41) is 0. The normalized spacial score (nSPS) is 13.3. The number of halogens is 1. The molecule has 0 aliphatic carbocycles.